The first-order valence-corrected chi connectivity index (χ1v) is 9.51. The number of rotatable bonds is 1. The van der Waals surface area contributed by atoms with Crippen LogP contribution < -0.4 is 5.32 Å². The molecule has 1 aliphatic carbocycles. The number of nitrogens with one attached hydrogen (secondary N) is 1. The Balaban J connectivity index is 1.37. The number of hydrogen-bond acceptors (Lipinski definition) is 2. The van der Waals surface area contributed by atoms with Crippen LogP contribution in [0.5, 0.6) is 0 Å². The standard InChI is InChI=1S/C18H31N3O/c1-20-15-7-3-8-16(20)12-14(11-15)19-18(22)21-10-4-6-13-5-2-9-17(13)21/h13-17H,2-12H2,1H3,(H,19,22). The molecule has 3 aliphatic heterocycles. The van der Waals surface area contributed by atoms with Crippen molar-refractivity contribution in [1.82, 2.24) is 15.1 Å². The van der Waals surface area contributed by atoms with Gasteiger partial charge in [0.05, 0.1) is 0 Å². The van der Waals surface area contributed by atoms with Gasteiger partial charge in [-0.15, -0.1) is 0 Å². The fourth-order valence-corrected chi connectivity index (χ4v) is 5.70. The van der Waals surface area contributed by atoms with E-state index < -0.39 is 0 Å². The highest BCUT2D eigenvalue weighted by atomic mass is 16.2. The maximum Gasteiger partial charge on any atom is 0.317 e. The molecule has 4 unspecified atom stereocenters. The molecule has 4 aliphatic rings. The van der Waals surface area contributed by atoms with Crippen LogP contribution in [0.3, 0.4) is 0 Å². The summed E-state index contributed by atoms with van der Waals surface area (Å²) in [6.07, 6.45) is 12.7. The van der Waals surface area contributed by atoms with Gasteiger partial charge in [-0.25, -0.2) is 4.79 Å². The van der Waals surface area contributed by atoms with E-state index in [1.165, 1.54) is 51.4 Å². The van der Waals surface area contributed by atoms with E-state index in [9.17, 15) is 4.79 Å². The van der Waals surface area contributed by atoms with E-state index in [4.69, 9.17) is 0 Å². The van der Waals surface area contributed by atoms with E-state index in [-0.39, 0.29) is 6.03 Å². The van der Waals surface area contributed by atoms with Gasteiger partial charge < -0.3 is 15.1 Å². The largest absolute Gasteiger partial charge is 0.335 e. The molecule has 0 aromatic rings. The summed E-state index contributed by atoms with van der Waals surface area (Å²) in [6.45, 7) is 0.979. The number of nitrogens with zero attached hydrogens (tertiary/aromatic N) is 2. The molecule has 0 spiro atoms. The fourth-order valence-electron chi connectivity index (χ4n) is 5.70. The highest BCUT2D eigenvalue weighted by molar-refractivity contribution is 5.75. The highest BCUT2D eigenvalue weighted by Gasteiger charge is 2.40. The van der Waals surface area contributed by atoms with Gasteiger partial charge >= 0.3 is 6.03 Å². The minimum absolute atomic E-state index is 0.240. The molecule has 4 rings (SSSR count). The minimum Gasteiger partial charge on any atom is -0.335 e. The summed E-state index contributed by atoms with van der Waals surface area (Å²) in [6, 6.07) is 2.57. The fraction of sp³-hybridized carbons (Fsp3) is 0.944. The van der Waals surface area contributed by atoms with E-state index in [2.05, 4.69) is 22.2 Å². The molecular weight excluding hydrogens is 274 g/mol. The second kappa shape index (κ2) is 6.03. The van der Waals surface area contributed by atoms with E-state index in [0.717, 1.165) is 25.3 Å². The third kappa shape index (κ3) is 2.64. The number of carbonyl (C=O) groups excluding carboxylic acids is 1. The number of urea groups is 1. The monoisotopic (exact) mass is 305 g/mol. The first kappa shape index (κ1) is 14.8. The molecule has 0 radical (unpaired) electrons. The summed E-state index contributed by atoms with van der Waals surface area (Å²) in [5.74, 6) is 0.788. The Morgan fingerprint density at radius 1 is 0.955 bits per heavy atom. The van der Waals surface area contributed by atoms with Gasteiger partial charge in [0, 0.05) is 30.7 Å². The molecule has 124 valence electrons. The first-order chi connectivity index (χ1) is 10.7. The Morgan fingerprint density at radius 2 is 1.64 bits per heavy atom. The van der Waals surface area contributed by atoms with Crippen molar-refractivity contribution >= 4 is 6.03 Å². The summed E-state index contributed by atoms with van der Waals surface area (Å²) in [4.78, 5) is 17.6. The van der Waals surface area contributed by atoms with Crippen molar-refractivity contribution in [2.75, 3.05) is 13.6 Å². The zero-order valence-electron chi connectivity index (χ0n) is 14.0. The molecule has 1 saturated carbocycles. The molecule has 3 saturated heterocycles. The molecule has 4 atom stereocenters. The maximum absolute atomic E-state index is 12.8. The Bertz CT molecular complexity index is 413. The Labute approximate surface area is 134 Å². The summed E-state index contributed by atoms with van der Waals surface area (Å²) < 4.78 is 0. The van der Waals surface area contributed by atoms with Crippen molar-refractivity contribution in [2.24, 2.45) is 5.92 Å². The SMILES string of the molecule is CN1C2CCCC1CC(NC(=O)N1CCCC3CCCC31)C2. The van der Waals surface area contributed by atoms with Gasteiger partial charge in [0.25, 0.3) is 0 Å². The van der Waals surface area contributed by atoms with Crippen LogP contribution in [-0.4, -0.2) is 53.6 Å². The molecule has 22 heavy (non-hydrogen) atoms. The minimum atomic E-state index is 0.240. The number of piperidine rings is 3. The number of likely N-dealkylation sites (tertiary alicyclic amines) is 1. The van der Waals surface area contributed by atoms with Crippen molar-refractivity contribution in [3.63, 3.8) is 0 Å². The van der Waals surface area contributed by atoms with Gasteiger partial charge in [-0.1, -0.05) is 12.8 Å². The number of carbonyl (C=O) groups is 1. The average molecular weight is 305 g/mol. The van der Waals surface area contributed by atoms with Crippen LogP contribution in [0, 0.1) is 5.92 Å². The zero-order chi connectivity index (χ0) is 15.1. The van der Waals surface area contributed by atoms with Crippen LogP contribution >= 0.6 is 0 Å². The van der Waals surface area contributed by atoms with Crippen LogP contribution in [0.4, 0.5) is 4.79 Å². The van der Waals surface area contributed by atoms with Gasteiger partial charge in [-0.05, 0) is 64.3 Å². The van der Waals surface area contributed by atoms with Crippen molar-refractivity contribution in [3.05, 3.63) is 0 Å². The lowest BCUT2D eigenvalue weighted by Crippen LogP contribution is -2.58. The second-order valence-corrected chi connectivity index (χ2v) is 8.12. The molecule has 3 heterocycles. The quantitative estimate of drug-likeness (QED) is 0.808. The van der Waals surface area contributed by atoms with Gasteiger partial charge in [0.15, 0.2) is 0 Å². The topological polar surface area (TPSA) is 35.6 Å². The Morgan fingerprint density at radius 3 is 2.41 bits per heavy atom. The van der Waals surface area contributed by atoms with E-state index in [0.29, 0.717) is 24.2 Å². The predicted octanol–water partition coefficient (Wildman–Crippen LogP) is 2.98. The third-order valence-electron chi connectivity index (χ3n) is 6.92. The lowest BCUT2D eigenvalue weighted by molar-refractivity contribution is 0.0472. The molecule has 2 bridgehead atoms. The van der Waals surface area contributed by atoms with Gasteiger partial charge in [-0.2, -0.15) is 0 Å². The van der Waals surface area contributed by atoms with Crippen molar-refractivity contribution < 1.29 is 4.79 Å². The molecule has 4 fully saturated rings. The van der Waals surface area contributed by atoms with Gasteiger partial charge in [0.2, 0.25) is 0 Å². The van der Waals surface area contributed by atoms with Crippen LogP contribution in [0.15, 0.2) is 0 Å². The average Bonchev–Trinajstić information content (AvgIpc) is 2.96. The summed E-state index contributed by atoms with van der Waals surface area (Å²) in [5, 5.41) is 3.41. The third-order valence-corrected chi connectivity index (χ3v) is 6.92. The van der Waals surface area contributed by atoms with Crippen molar-refractivity contribution in [2.45, 2.75) is 88.4 Å². The molecule has 4 nitrogen and oxygen atoms in total. The lowest BCUT2D eigenvalue weighted by atomic mass is 9.82. The van der Waals surface area contributed by atoms with Crippen LogP contribution in [-0.2, 0) is 0 Å². The summed E-state index contributed by atoms with van der Waals surface area (Å²) >= 11 is 0. The van der Waals surface area contributed by atoms with Crippen LogP contribution in [0.2, 0.25) is 0 Å². The summed E-state index contributed by atoms with van der Waals surface area (Å²) in [5.41, 5.74) is 0. The zero-order valence-corrected chi connectivity index (χ0v) is 14.0. The normalized spacial score (nSPS) is 42.0. The predicted molar refractivity (Wildman–Crippen MR) is 87.8 cm³/mol. The number of fused-ring (bicyclic) bond motifs is 3. The number of hydrogen-bond donors (Lipinski definition) is 1. The van der Waals surface area contributed by atoms with E-state index in [1.807, 2.05) is 0 Å². The molecule has 0 aromatic carbocycles. The smallest absolute Gasteiger partial charge is 0.317 e. The molecule has 0 aromatic heterocycles. The van der Waals surface area contributed by atoms with Crippen molar-refractivity contribution in [1.29, 1.82) is 0 Å². The van der Waals surface area contributed by atoms with Crippen molar-refractivity contribution in [3.8, 4) is 0 Å². The maximum atomic E-state index is 12.8. The van der Waals surface area contributed by atoms with E-state index >= 15 is 0 Å². The van der Waals surface area contributed by atoms with Gasteiger partial charge in [-0.3, -0.25) is 0 Å². The second-order valence-electron chi connectivity index (χ2n) is 8.12. The number of amides is 2. The summed E-state index contributed by atoms with van der Waals surface area (Å²) in [7, 11) is 2.28. The lowest BCUT2D eigenvalue weighted by Gasteiger charge is -2.47. The first-order valence-electron chi connectivity index (χ1n) is 9.51. The molecular formula is C18H31N3O. The Kier molecular flexibility index (Phi) is 4.05. The molecule has 4 heteroatoms. The Hall–Kier alpha value is -0.770. The van der Waals surface area contributed by atoms with Gasteiger partial charge in [0.1, 0.15) is 0 Å². The van der Waals surface area contributed by atoms with Crippen LogP contribution in [0.25, 0.3) is 0 Å². The molecule has 1 N–H and O–H groups in total. The van der Waals surface area contributed by atoms with E-state index in [1.54, 1.807) is 0 Å². The highest BCUT2D eigenvalue weighted by Crippen LogP contribution is 2.37. The van der Waals surface area contributed by atoms with Crippen LogP contribution in [0.1, 0.15) is 64.2 Å². The molecule has 2 amide bonds.